The van der Waals surface area contributed by atoms with Crippen LogP contribution in [0.2, 0.25) is 0 Å². The maximum absolute atomic E-state index is 13.1. The van der Waals surface area contributed by atoms with Crippen LogP contribution in [0, 0.1) is 0 Å². The first-order valence-electron chi connectivity index (χ1n) is 9.65. The number of ether oxygens (including phenoxy) is 1. The van der Waals surface area contributed by atoms with Crippen molar-refractivity contribution in [3.05, 3.63) is 71.4 Å². The van der Waals surface area contributed by atoms with Crippen molar-refractivity contribution in [2.24, 2.45) is 0 Å². The Morgan fingerprint density at radius 1 is 1.00 bits per heavy atom. The van der Waals surface area contributed by atoms with Crippen LogP contribution in [0.25, 0.3) is 6.08 Å². The first-order valence-corrected chi connectivity index (χ1v) is 9.65. The molecule has 1 aliphatic rings. The molecule has 1 aliphatic heterocycles. The highest BCUT2D eigenvalue weighted by Gasteiger charge is 2.22. The van der Waals surface area contributed by atoms with Gasteiger partial charge in [0.25, 0.3) is 5.91 Å². The average molecular weight is 378 g/mol. The van der Waals surface area contributed by atoms with Gasteiger partial charge < -0.3 is 15.0 Å². The average Bonchev–Trinajstić information content (AvgIpc) is 2.74. The van der Waals surface area contributed by atoms with E-state index in [0.717, 1.165) is 43.5 Å². The number of carbonyl (C=O) groups is 2. The van der Waals surface area contributed by atoms with Gasteiger partial charge in [0.05, 0.1) is 13.5 Å². The lowest BCUT2D eigenvalue weighted by Crippen LogP contribution is -2.41. The molecule has 2 amide bonds. The van der Waals surface area contributed by atoms with Gasteiger partial charge in [0.1, 0.15) is 11.4 Å². The van der Waals surface area contributed by atoms with E-state index in [1.54, 1.807) is 13.2 Å². The van der Waals surface area contributed by atoms with Crippen LogP contribution in [-0.4, -0.2) is 36.9 Å². The molecule has 1 N–H and O–H groups in total. The van der Waals surface area contributed by atoms with E-state index in [1.165, 1.54) is 0 Å². The third-order valence-corrected chi connectivity index (χ3v) is 4.79. The van der Waals surface area contributed by atoms with Crippen molar-refractivity contribution >= 4 is 17.9 Å². The van der Waals surface area contributed by atoms with Gasteiger partial charge in [-0.3, -0.25) is 9.59 Å². The van der Waals surface area contributed by atoms with Gasteiger partial charge in [-0.2, -0.15) is 0 Å². The van der Waals surface area contributed by atoms with E-state index in [4.69, 9.17) is 4.74 Å². The molecule has 0 bridgehead atoms. The van der Waals surface area contributed by atoms with Crippen molar-refractivity contribution < 1.29 is 14.3 Å². The number of carbonyl (C=O) groups excluding carboxylic acids is 2. The monoisotopic (exact) mass is 378 g/mol. The SMILES string of the molecule is COc1ccccc1C=C(NC(=O)Cc1ccccc1)C(=O)N1CCCCC1. The molecule has 1 fully saturated rings. The summed E-state index contributed by atoms with van der Waals surface area (Å²) in [4.78, 5) is 27.5. The number of benzene rings is 2. The highest BCUT2D eigenvalue weighted by molar-refractivity contribution is 6.01. The van der Waals surface area contributed by atoms with E-state index >= 15 is 0 Å². The van der Waals surface area contributed by atoms with Gasteiger partial charge >= 0.3 is 0 Å². The largest absolute Gasteiger partial charge is 0.496 e. The molecule has 2 aromatic rings. The number of amides is 2. The lowest BCUT2D eigenvalue weighted by molar-refractivity contribution is -0.130. The second-order valence-electron chi connectivity index (χ2n) is 6.86. The fourth-order valence-electron chi connectivity index (χ4n) is 3.34. The molecule has 28 heavy (non-hydrogen) atoms. The normalized spacial score (nSPS) is 14.5. The number of rotatable bonds is 6. The van der Waals surface area contributed by atoms with E-state index < -0.39 is 0 Å². The lowest BCUT2D eigenvalue weighted by Gasteiger charge is -2.27. The molecule has 0 aliphatic carbocycles. The number of hydrogen-bond acceptors (Lipinski definition) is 3. The molecule has 0 spiro atoms. The van der Waals surface area contributed by atoms with Crippen molar-refractivity contribution in [3.63, 3.8) is 0 Å². The molecule has 0 unspecified atom stereocenters. The minimum absolute atomic E-state index is 0.146. The summed E-state index contributed by atoms with van der Waals surface area (Å²) in [5.74, 6) is 0.300. The molecule has 3 rings (SSSR count). The third-order valence-electron chi connectivity index (χ3n) is 4.79. The Bertz CT molecular complexity index is 840. The van der Waals surface area contributed by atoms with E-state index in [2.05, 4.69) is 5.32 Å². The molecule has 0 saturated carbocycles. The second kappa shape index (κ2) is 9.74. The molecule has 1 saturated heterocycles. The molecule has 5 heteroatoms. The van der Waals surface area contributed by atoms with Gasteiger partial charge in [0, 0.05) is 18.7 Å². The van der Waals surface area contributed by atoms with Gasteiger partial charge in [-0.1, -0.05) is 48.5 Å². The van der Waals surface area contributed by atoms with Crippen LogP contribution in [-0.2, 0) is 16.0 Å². The Morgan fingerprint density at radius 3 is 2.39 bits per heavy atom. The molecular weight excluding hydrogens is 352 g/mol. The second-order valence-corrected chi connectivity index (χ2v) is 6.86. The van der Waals surface area contributed by atoms with Crippen molar-refractivity contribution in [2.75, 3.05) is 20.2 Å². The molecule has 0 atom stereocenters. The zero-order valence-corrected chi connectivity index (χ0v) is 16.2. The topological polar surface area (TPSA) is 58.6 Å². The molecule has 1 heterocycles. The fraction of sp³-hybridized carbons (Fsp3) is 0.304. The number of para-hydroxylation sites is 1. The van der Waals surface area contributed by atoms with Crippen molar-refractivity contribution in [2.45, 2.75) is 25.7 Å². The Balaban J connectivity index is 1.84. The minimum Gasteiger partial charge on any atom is -0.496 e. The maximum atomic E-state index is 13.1. The Morgan fingerprint density at radius 2 is 1.68 bits per heavy atom. The number of piperidine rings is 1. The summed E-state index contributed by atoms with van der Waals surface area (Å²) in [6.07, 6.45) is 5.04. The number of likely N-dealkylation sites (tertiary alicyclic amines) is 1. The first kappa shape index (κ1) is 19.7. The lowest BCUT2D eigenvalue weighted by atomic mass is 10.1. The summed E-state index contributed by atoms with van der Waals surface area (Å²) in [5.41, 5.74) is 1.94. The summed E-state index contributed by atoms with van der Waals surface area (Å²) in [7, 11) is 1.59. The quantitative estimate of drug-likeness (QED) is 0.784. The van der Waals surface area contributed by atoms with Crippen LogP contribution in [0.4, 0.5) is 0 Å². The van der Waals surface area contributed by atoms with E-state index in [-0.39, 0.29) is 23.9 Å². The van der Waals surface area contributed by atoms with Crippen LogP contribution < -0.4 is 10.1 Å². The summed E-state index contributed by atoms with van der Waals surface area (Å²) in [6.45, 7) is 1.44. The molecule has 0 aromatic heterocycles. The molecule has 146 valence electrons. The van der Waals surface area contributed by atoms with Gasteiger partial charge in [0.2, 0.25) is 5.91 Å². The smallest absolute Gasteiger partial charge is 0.270 e. The third kappa shape index (κ3) is 5.22. The minimum atomic E-state index is -0.210. The van der Waals surface area contributed by atoms with Crippen LogP contribution in [0.1, 0.15) is 30.4 Å². The summed E-state index contributed by atoms with van der Waals surface area (Å²) in [5, 5.41) is 2.84. The number of nitrogens with one attached hydrogen (secondary N) is 1. The number of hydrogen-bond donors (Lipinski definition) is 1. The zero-order valence-electron chi connectivity index (χ0n) is 16.2. The van der Waals surface area contributed by atoms with Crippen LogP contribution in [0.5, 0.6) is 5.75 Å². The maximum Gasteiger partial charge on any atom is 0.270 e. The van der Waals surface area contributed by atoms with Gasteiger partial charge in [-0.05, 0) is 37.0 Å². The fourth-order valence-corrected chi connectivity index (χ4v) is 3.34. The van der Waals surface area contributed by atoms with Crippen LogP contribution in [0.15, 0.2) is 60.3 Å². The van der Waals surface area contributed by atoms with E-state index in [1.807, 2.05) is 59.5 Å². The van der Waals surface area contributed by atoms with Crippen molar-refractivity contribution in [1.29, 1.82) is 0 Å². The molecule has 5 nitrogen and oxygen atoms in total. The Labute approximate surface area is 166 Å². The van der Waals surface area contributed by atoms with E-state index in [9.17, 15) is 9.59 Å². The molecule has 2 aromatic carbocycles. The predicted molar refractivity (Wildman–Crippen MR) is 110 cm³/mol. The first-order chi connectivity index (χ1) is 13.7. The summed E-state index contributed by atoms with van der Waals surface area (Å²) in [6, 6.07) is 16.9. The highest BCUT2D eigenvalue weighted by atomic mass is 16.5. The number of methoxy groups -OCH3 is 1. The van der Waals surface area contributed by atoms with Gasteiger partial charge in [0.15, 0.2) is 0 Å². The van der Waals surface area contributed by atoms with Crippen molar-refractivity contribution in [3.8, 4) is 5.75 Å². The van der Waals surface area contributed by atoms with Crippen LogP contribution >= 0.6 is 0 Å². The standard InChI is InChI=1S/C23H26N2O3/c1-28-21-13-7-6-12-19(21)17-20(23(27)25-14-8-3-9-15-25)24-22(26)16-18-10-4-2-5-11-18/h2,4-7,10-13,17H,3,8-9,14-16H2,1H3,(H,24,26). The molecular formula is C23H26N2O3. The van der Waals surface area contributed by atoms with E-state index in [0.29, 0.717) is 5.75 Å². The highest BCUT2D eigenvalue weighted by Crippen LogP contribution is 2.21. The Kier molecular flexibility index (Phi) is 6.84. The van der Waals surface area contributed by atoms with Crippen molar-refractivity contribution in [1.82, 2.24) is 10.2 Å². The zero-order chi connectivity index (χ0) is 19.8. The Hall–Kier alpha value is -3.08. The number of nitrogens with zero attached hydrogens (tertiary/aromatic N) is 1. The van der Waals surface area contributed by atoms with Gasteiger partial charge in [-0.25, -0.2) is 0 Å². The predicted octanol–water partition coefficient (Wildman–Crippen LogP) is 3.41. The van der Waals surface area contributed by atoms with Crippen LogP contribution in [0.3, 0.4) is 0 Å². The van der Waals surface area contributed by atoms with Gasteiger partial charge in [-0.15, -0.1) is 0 Å². The molecule has 0 radical (unpaired) electrons. The summed E-state index contributed by atoms with van der Waals surface area (Å²) >= 11 is 0. The summed E-state index contributed by atoms with van der Waals surface area (Å²) < 4.78 is 5.39.